The molecule has 1 saturated carbocycles. The summed E-state index contributed by atoms with van der Waals surface area (Å²) in [6, 6.07) is 0.0467. The average Bonchev–Trinajstić information content (AvgIpc) is 3.21. The summed E-state index contributed by atoms with van der Waals surface area (Å²) in [5.41, 5.74) is 8.93. The second-order valence-electron chi connectivity index (χ2n) is 5.97. The first-order valence-corrected chi connectivity index (χ1v) is 7.36. The summed E-state index contributed by atoms with van der Waals surface area (Å²) in [5, 5.41) is 2.88. The van der Waals surface area contributed by atoms with Crippen molar-refractivity contribution in [2.24, 2.45) is 11.7 Å². The van der Waals surface area contributed by atoms with Crippen LogP contribution in [0.1, 0.15) is 57.8 Å². The third-order valence-corrected chi connectivity index (χ3v) is 4.39. The van der Waals surface area contributed by atoms with E-state index in [2.05, 4.69) is 10.3 Å². The zero-order valence-electron chi connectivity index (χ0n) is 12.2. The van der Waals surface area contributed by atoms with Gasteiger partial charge < -0.3 is 16.0 Å². The van der Waals surface area contributed by atoms with Gasteiger partial charge in [0.05, 0.1) is 0 Å². The number of amides is 1. The van der Waals surface area contributed by atoms with Gasteiger partial charge in [0.1, 0.15) is 5.69 Å². The van der Waals surface area contributed by atoms with Gasteiger partial charge in [0.25, 0.3) is 5.91 Å². The van der Waals surface area contributed by atoms with Crippen molar-refractivity contribution in [2.45, 2.75) is 45.1 Å². The maximum absolute atomic E-state index is 12.2. The molecule has 1 fully saturated rings. The van der Waals surface area contributed by atoms with Crippen molar-refractivity contribution in [1.82, 2.24) is 10.3 Å². The van der Waals surface area contributed by atoms with Crippen molar-refractivity contribution in [1.29, 1.82) is 0 Å². The lowest BCUT2D eigenvalue weighted by molar-refractivity contribution is 0.0944. The highest BCUT2D eigenvalue weighted by atomic mass is 35.5. The molecule has 1 aromatic rings. The topological polar surface area (TPSA) is 88.0 Å². The van der Waals surface area contributed by atoms with Crippen LogP contribution in [0.25, 0.3) is 0 Å². The minimum atomic E-state index is -0.152. The Morgan fingerprint density at radius 1 is 1.43 bits per heavy atom. The van der Waals surface area contributed by atoms with Crippen LogP contribution in [-0.4, -0.2) is 29.3 Å². The molecule has 0 aliphatic heterocycles. The molecule has 5 nitrogen and oxygen atoms in total. The maximum atomic E-state index is 12.2. The van der Waals surface area contributed by atoms with Crippen LogP contribution in [0.15, 0.2) is 0 Å². The second kappa shape index (κ2) is 6.20. The standard InChI is InChI=1S/C15H21N3O2.ClH/c1-8-13-11(3-2-4-12(13)19)18-14(8)15(20)17-7-10(16)9-5-6-9;/h9-10,18H,2-7,16H2,1H3,(H,17,20);1H. The van der Waals surface area contributed by atoms with Gasteiger partial charge in [0, 0.05) is 30.3 Å². The molecule has 0 saturated heterocycles. The van der Waals surface area contributed by atoms with Crippen LogP contribution < -0.4 is 11.1 Å². The van der Waals surface area contributed by atoms with E-state index in [1.165, 1.54) is 12.8 Å². The molecule has 0 aromatic carbocycles. The Hall–Kier alpha value is -1.33. The highest BCUT2D eigenvalue weighted by Gasteiger charge is 2.30. The van der Waals surface area contributed by atoms with Crippen molar-refractivity contribution >= 4 is 24.1 Å². The van der Waals surface area contributed by atoms with E-state index in [1.807, 2.05) is 6.92 Å². The predicted molar refractivity (Wildman–Crippen MR) is 83.1 cm³/mol. The summed E-state index contributed by atoms with van der Waals surface area (Å²) in [7, 11) is 0. The number of rotatable bonds is 4. The van der Waals surface area contributed by atoms with Crippen LogP contribution in [0.5, 0.6) is 0 Å². The Kier molecular flexibility index (Phi) is 4.74. The van der Waals surface area contributed by atoms with Gasteiger partial charge in [-0.1, -0.05) is 0 Å². The minimum absolute atomic E-state index is 0. The number of Topliss-reactive ketones (excluding diaryl/α,β-unsaturated/α-hetero) is 1. The number of carbonyl (C=O) groups is 2. The first kappa shape index (κ1) is 16.0. The summed E-state index contributed by atoms with van der Waals surface area (Å²) in [6.45, 7) is 2.34. The van der Waals surface area contributed by atoms with Gasteiger partial charge in [0.15, 0.2) is 5.78 Å². The van der Waals surface area contributed by atoms with E-state index >= 15 is 0 Å². The fourth-order valence-corrected chi connectivity index (χ4v) is 2.99. The zero-order valence-corrected chi connectivity index (χ0v) is 13.0. The predicted octanol–water partition coefficient (Wildman–Crippen LogP) is 1.73. The summed E-state index contributed by atoms with van der Waals surface area (Å²) in [4.78, 5) is 27.3. The van der Waals surface area contributed by atoms with Crippen molar-refractivity contribution in [3.05, 3.63) is 22.5 Å². The molecule has 21 heavy (non-hydrogen) atoms. The molecule has 2 aliphatic carbocycles. The summed E-state index contributed by atoms with van der Waals surface area (Å²) >= 11 is 0. The lowest BCUT2D eigenvalue weighted by atomic mass is 9.94. The minimum Gasteiger partial charge on any atom is -0.354 e. The van der Waals surface area contributed by atoms with Gasteiger partial charge in [-0.05, 0) is 44.1 Å². The van der Waals surface area contributed by atoms with E-state index in [-0.39, 0.29) is 30.1 Å². The third kappa shape index (κ3) is 3.14. The van der Waals surface area contributed by atoms with Crippen LogP contribution in [0.4, 0.5) is 0 Å². The highest BCUT2D eigenvalue weighted by Crippen LogP contribution is 2.31. The molecule has 1 heterocycles. The molecule has 0 radical (unpaired) electrons. The Labute approximate surface area is 130 Å². The van der Waals surface area contributed by atoms with Gasteiger partial charge in [-0.3, -0.25) is 9.59 Å². The molecule has 4 N–H and O–H groups in total. The molecule has 116 valence electrons. The summed E-state index contributed by atoms with van der Waals surface area (Å²) in [6.07, 6.45) is 4.62. The number of carbonyl (C=O) groups excluding carboxylic acids is 2. The van der Waals surface area contributed by atoms with Gasteiger partial charge in [0.2, 0.25) is 0 Å². The molecule has 1 amide bonds. The first-order chi connectivity index (χ1) is 9.58. The van der Waals surface area contributed by atoms with E-state index in [1.54, 1.807) is 0 Å². The smallest absolute Gasteiger partial charge is 0.268 e. The normalized spacial score (nSPS) is 18.7. The molecular formula is C15H22ClN3O2. The molecule has 0 spiro atoms. The van der Waals surface area contributed by atoms with E-state index < -0.39 is 0 Å². The zero-order chi connectivity index (χ0) is 14.3. The number of ketones is 1. The molecule has 6 heteroatoms. The number of hydrogen-bond acceptors (Lipinski definition) is 3. The lowest BCUT2D eigenvalue weighted by Gasteiger charge is -2.11. The molecule has 0 bridgehead atoms. The van der Waals surface area contributed by atoms with Crippen LogP contribution in [-0.2, 0) is 6.42 Å². The number of aromatic amines is 1. The molecule has 1 aromatic heterocycles. The van der Waals surface area contributed by atoms with Crippen LogP contribution in [0, 0.1) is 12.8 Å². The number of nitrogens with two attached hydrogens (primary N) is 1. The average molecular weight is 312 g/mol. The number of nitrogens with one attached hydrogen (secondary N) is 2. The van der Waals surface area contributed by atoms with E-state index in [9.17, 15) is 9.59 Å². The Bertz CT molecular complexity index is 564. The van der Waals surface area contributed by atoms with Crippen molar-refractivity contribution in [2.75, 3.05) is 6.54 Å². The molecule has 1 atom stereocenters. The quantitative estimate of drug-likeness (QED) is 0.791. The molecule has 3 rings (SSSR count). The fraction of sp³-hybridized carbons (Fsp3) is 0.600. The molecule has 2 aliphatic rings. The lowest BCUT2D eigenvalue weighted by Crippen LogP contribution is -2.38. The van der Waals surface area contributed by atoms with Gasteiger partial charge in [-0.25, -0.2) is 0 Å². The SMILES string of the molecule is Cc1c(C(=O)NCC(N)C2CC2)[nH]c2c1C(=O)CCC2.Cl. The third-order valence-electron chi connectivity index (χ3n) is 4.39. The molecular weight excluding hydrogens is 290 g/mol. The number of H-pyrrole nitrogens is 1. The van der Waals surface area contributed by atoms with Gasteiger partial charge >= 0.3 is 0 Å². The van der Waals surface area contributed by atoms with E-state index in [4.69, 9.17) is 5.73 Å². The van der Waals surface area contributed by atoms with Gasteiger partial charge in [-0.15, -0.1) is 12.4 Å². The Morgan fingerprint density at radius 2 is 2.14 bits per heavy atom. The fourth-order valence-electron chi connectivity index (χ4n) is 2.99. The highest BCUT2D eigenvalue weighted by molar-refractivity contribution is 6.04. The maximum Gasteiger partial charge on any atom is 0.268 e. The van der Waals surface area contributed by atoms with Crippen LogP contribution in [0.3, 0.4) is 0 Å². The number of halogens is 1. The number of aryl methyl sites for hydroxylation is 1. The Morgan fingerprint density at radius 3 is 2.76 bits per heavy atom. The Balaban J connectivity index is 0.00000161. The van der Waals surface area contributed by atoms with E-state index in [0.717, 1.165) is 29.7 Å². The van der Waals surface area contributed by atoms with Crippen LogP contribution in [0.2, 0.25) is 0 Å². The van der Waals surface area contributed by atoms with Crippen molar-refractivity contribution < 1.29 is 9.59 Å². The summed E-state index contributed by atoms with van der Waals surface area (Å²) < 4.78 is 0. The number of aromatic nitrogens is 1. The first-order valence-electron chi connectivity index (χ1n) is 7.36. The number of hydrogen-bond donors (Lipinski definition) is 3. The monoisotopic (exact) mass is 311 g/mol. The van der Waals surface area contributed by atoms with Gasteiger partial charge in [-0.2, -0.15) is 0 Å². The van der Waals surface area contributed by atoms with Crippen LogP contribution >= 0.6 is 12.4 Å². The van der Waals surface area contributed by atoms with Crippen molar-refractivity contribution in [3.8, 4) is 0 Å². The van der Waals surface area contributed by atoms with Crippen molar-refractivity contribution in [3.63, 3.8) is 0 Å². The molecule has 1 unspecified atom stereocenters. The number of fused-ring (bicyclic) bond motifs is 1. The summed E-state index contributed by atoms with van der Waals surface area (Å²) in [5.74, 6) is 0.560. The second-order valence-corrected chi connectivity index (χ2v) is 5.97. The van der Waals surface area contributed by atoms with E-state index in [0.29, 0.717) is 24.6 Å². The largest absolute Gasteiger partial charge is 0.354 e.